The molecule has 0 aromatic carbocycles. The maximum absolute atomic E-state index is 11.8. The van der Waals surface area contributed by atoms with Gasteiger partial charge < -0.3 is 0 Å². The molecule has 3 nitrogen and oxygen atoms in total. The summed E-state index contributed by atoms with van der Waals surface area (Å²) in [7, 11) is 0. The van der Waals surface area contributed by atoms with Crippen molar-refractivity contribution in [1.82, 2.24) is 4.90 Å². The van der Waals surface area contributed by atoms with Crippen molar-refractivity contribution in [2.45, 2.75) is 46.0 Å². The van der Waals surface area contributed by atoms with Crippen LogP contribution in [0, 0.1) is 5.92 Å². The number of hydrogen-bond donors (Lipinski definition) is 0. The maximum atomic E-state index is 11.8. The first-order valence-electron chi connectivity index (χ1n) is 5.51. The van der Waals surface area contributed by atoms with Crippen LogP contribution in [0.15, 0.2) is 0 Å². The predicted octanol–water partition coefficient (Wildman–Crippen LogP) is 1.96. The van der Waals surface area contributed by atoms with Crippen LogP contribution in [0.3, 0.4) is 0 Å². The Hall–Kier alpha value is -0.860. The van der Waals surface area contributed by atoms with Gasteiger partial charge >= 0.3 is 0 Å². The SMILES string of the molecule is CCC(C)C(=O)N1CCCCCC1=O. The average molecular weight is 197 g/mol. The van der Waals surface area contributed by atoms with Crippen LogP contribution in [-0.2, 0) is 9.59 Å². The van der Waals surface area contributed by atoms with Gasteiger partial charge in [0.05, 0.1) is 0 Å². The minimum absolute atomic E-state index is 0.0133. The van der Waals surface area contributed by atoms with Crippen LogP contribution >= 0.6 is 0 Å². The summed E-state index contributed by atoms with van der Waals surface area (Å²) in [6, 6.07) is 0. The summed E-state index contributed by atoms with van der Waals surface area (Å²) in [5.74, 6) is 0.0178. The number of carbonyl (C=O) groups excluding carboxylic acids is 2. The first-order chi connectivity index (χ1) is 6.66. The Morgan fingerprint density at radius 2 is 2.14 bits per heavy atom. The van der Waals surface area contributed by atoms with Crippen molar-refractivity contribution in [1.29, 1.82) is 0 Å². The zero-order valence-corrected chi connectivity index (χ0v) is 9.08. The molecule has 1 atom stereocenters. The molecule has 1 fully saturated rings. The third-order valence-corrected chi connectivity index (χ3v) is 2.87. The smallest absolute Gasteiger partial charge is 0.231 e. The highest BCUT2D eigenvalue weighted by molar-refractivity contribution is 5.96. The first kappa shape index (κ1) is 11.2. The number of likely N-dealkylation sites (tertiary alicyclic amines) is 1. The van der Waals surface area contributed by atoms with Crippen LogP contribution in [0.5, 0.6) is 0 Å². The van der Waals surface area contributed by atoms with Crippen molar-refractivity contribution in [3.63, 3.8) is 0 Å². The minimum Gasteiger partial charge on any atom is -0.282 e. The van der Waals surface area contributed by atoms with E-state index in [4.69, 9.17) is 0 Å². The molecule has 0 radical (unpaired) electrons. The van der Waals surface area contributed by atoms with Gasteiger partial charge in [-0.2, -0.15) is 0 Å². The zero-order chi connectivity index (χ0) is 10.6. The fourth-order valence-electron chi connectivity index (χ4n) is 1.66. The molecule has 1 aliphatic heterocycles. The lowest BCUT2D eigenvalue weighted by Crippen LogP contribution is -2.39. The second kappa shape index (κ2) is 5.13. The molecule has 0 N–H and O–H groups in total. The van der Waals surface area contributed by atoms with Crippen LogP contribution in [0.2, 0.25) is 0 Å². The summed E-state index contributed by atoms with van der Waals surface area (Å²) in [6.07, 6.45) is 4.32. The summed E-state index contributed by atoms with van der Waals surface area (Å²) in [5, 5.41) is 0. The molecule has 80 valence electrons. The van der Waals surface area contributed by atoms with Gasteiger partial charge in [0, 0.05) is 18.9 Å². The highest BCUT2D eigenvalue weighted by Gasteiger charge is 2.25. The molecule has 0 aromatic rings. The Balaban J connectivity index is 2.63. The lowest BCUT2D eigenvalue weighted by atomic mass is 10.1. The van der Waals surface area contributed by atoms with Gasteiger partial charge in [0.15, 0.2) is 0 Å². The third kappa shape index (κ3) is 2.56. The van der Waals surface area contributed by atoms with E-state index in [0.717, 1.165) is 25.7 Å². The standard InChI is InChI=1S/C11H19NO2/c1-3-9(2)11(14)12-8-6-4-5-7-10(12)13/h9H,3-8H2,1-2H3. The van der Waals surface area contributed by atoms with Gasteiger partial charge in [-0.1, -0.05) is 20.3 Å². The minimum atomic E-state index is -0.0166. The zero-order valence-electron chi connectivity index (χ0n) is 9.08. The monoisotopic (exact) mass is 197 g/mol. The van der Waals surface area contributed by atoms with Gasteiger partial charge in [0.25, 0.3) is 0 Å². The van der Waals surface area contributed by atoms with Crippen LogP contribution in [0.4, 0.5) is 0 Å². The number of amides is 2. The Morgan fingerprint density at radius 1 is 1.43 bits per heavy atom. The molecule has 1 aliphatic rings. The van der Waals surface area contributed by atoms with E-state index in [-0.39, 0.29) is 17.7 Å². The van der Waals surface area contributed by atoms with Gasteiger partial charge in [-0.3, -0.25) is 14.5 Å². The van der Waals surface area contributed by atoms with E-state index in [9.17, 15) is 9.59 Å². The Morgan fingerprint density at radius 3 is 2.79 bits per heavy atom. The Labute approximate surface area is 85.5 Å². The van der Waals surface area contributed by atoms with Crippen molar-refractivity contribution in [3.05, 3.63) is 0 Å². The average Bonchev–Trinajstić information content (AvgIpc) is 2.40. The molecule has 1 heterocycles. The number of hydrogen-bond acceptors (Lipinski definition) is 2. The lowest BCUT2D eigenvalue weighted by molar-refractivity contribution is -0.146. The molecule has 0 aromatic heterocycles. The van der Waals surface area contributed by atoms with Gasteiger partial charge in [-0.15, -0.1) is 0 Å². The summed E-state index contributed by atoms with van der Waals surface area (Å²) in [6.45, 7) is 4.49. The van der Waals surface area contributed by atoms with Crippen LogP contribution in [0.25, 0.3) is 0 Å². The van der Waals surface area contributed by atoms with Crippen LogP contribution in [0.1, 0.15) is 46.0 Å². The lowest BCUT2D eigenvalue weighted by Gasteiger charge is -2.21. The van der Waals surface area contributed by atoms with Gasteiger partial charge in [-0.05, 0) is 19.3 Å². The molecule has 2 amide bonds. The quantitative estimate of drug-likeness (QED) is 0.678. The van der Waals surface area contributed by atoms with E-state index in [2.05, 4.69) is 0 Å². The maximum Gasteiger partial charge on any atom is 0.231 e. The van der Waals surface area contributed by atoms with Gasteiger partial charge in [-0.25, -0.2) is 0 Å². The largest absolute Gasteiger partial charge is 0.282 e. The molecular formula is C11H19NO2. The first-order valence-corrected chi connectivity index (χ1v) is 5.51. The summed E-state index contributed by atoms with van der Waals surface area (Å²) in [5.41, 5.74) is 0. The molecule has 0 spiro atoms. The molecule has 1 saturated heterocycles. The number of rotatable bonds is 2. The van der Waals surface area contributed by atoms with E-state index in [0.29, 0.717) is 13.0 Å². The Kier molecular flexibility index (Phi) is 4.11. The molecule has 1 unspecified atom stereocenters. The topological polar surface area (TPSA) is 37.4 Å². The molecule has 0 aliphatic carbocycles. The van der Waals surface area contributed by atoms with E-state index in [1.54, 1.807) is 0 Å². The fraction of sp³-hybridized carbons (Fsp3) is 0.818. The summed E-state index contributed by atoms with van der Waals surface area (Å²) in [4.78, 5) is 24.8. The van der Waals surface area contributed by atoms with Crippen molar-refractivity contribution in [2.24, 2.45) is 5.92 Å². The second-order valence-electron chi connectivity index (χ2n) is 4.00. The van der Waals surface area contributed by atoms with E-state index < -0.39 is 0 Å². The van der Waals surface area contributed by atoms with Crippen molar-refractivity contribution >= 4 is 11.8 Å². The molecule has 3 heteroatoms. The fourth-order valence-corrected chi connectivity index (χ4v) is 1.66. The number of nitrogens with zero attached hydrogens (tertiary/aromatic N) is 1. The normalized spacial score (nSPS) is 20.4. The summed E-state index contributed by atoms with van der Waals surface area (Å²) < 4.78 is 0. The Bertz CT molecular complexity index is 225. The highest BCUT2D eigenvalue weighted by atomic mass is 16.2. The number of carbonyl (C=O) groups is 2. The van der Waals surface area contributed by atoms with E-state index in [1.807, 2.05) is 13.8 Å². The second-order valence-corrected chi connectivity index (χ2v) is 4.00. The molecule has 0 saturated carbocycles. The summed E-state index contributed by atoms with van der Waals surface area (Å²) >= 11 is 0. The van der Waals surface area contributed by atoms with Gasteiger partial charge in [0.2, 0.25) is 11.8 Å². The molecule has 1 rings (SSSR count). The molecule has 0 bridgehead atoms. The van der Waals surface area contributed by atoms with Crippen LogP contribution < -0.4 is 0 Å². The van der Waals surface area contributed by atoms with Gasteiger partial charge in [0.1, 0.15) is 0 Å². The van der Waals surface area contributed by atoms with Crippen molar-refractivity contribution < 1.29 is 9.59 Å². The van der Waals surface area contributed by atoms with Crippen molar-refractivity contribution in [3.8, 4) is 0 Å². The third-order valence-electron chi connectivity index (χ3n) is 2.87. The highest BCUT2D eigenvalue weighted by Crippen LogP contribution is 2.15. The molecule has 14 heavy (non-hydrogen) atoms. The number of imide groups is 1. The predicted molar refractivity (Wildman–Crippen MR) is 54.6 cm³/mol. The van der Waals surface area contributed by atoms with Crippen molar-refractivity contribution in [2.75, 3.05) is 6.54 Å². The van der Waals surface area contributed by atoms with E-state index in [1.165, 1.54) is 4.90 Å². The van der Waals surface area contributed by atoms with Crippen LogP contribution in [-0.4, -0.2) is 23.3 Å². The molecular weight excluding hydrogens is 178 g/mol. The van der Waals surface area contributed by atoms with E-state index >= 15 is 0 Å².